The zero-order valence-corrected chi connectivity index (χ0v) is 15.3. The van der Waals surface area contributed by atoms with Crippen LogP contribution in [0, 0.1) is 46.3 Å². The minimum atomic E-state index is -0.721. The van der Waals surface area contributed by atoms with Gasteiger partial charge in [0.05, 0.1) is 0 Å². The second-order valence-electron chi connectivity index (χ2n) is 9.63. The van der Waals surface area contributed by atoms with Gasteiger partial charge in [-0.1, -0.05) is 32.6 Å². The summed E-state index contributed by atoms with van der Waals surface area (Å²) in [6.45, 7) is 6.87. The lowest BCUT2D eigenvalue weighted by molar-refractivity contribution is -0.134. The Bertz CT molecular complexity index is 542. The molecule has 23 heavy (non-hydrogen) atoms. The second kappa shape index (κ2) is 5.26. The zero-order valence-electron chi connectivity index (χ0n) is 15.3. The lowest BCUT2D eigenvalue weighted by Gasteiger charge is -2.60. The van der Waals surface area contributed by atoms with Crippen molar-refractivity contribution >= 4 is 0 Å². The van der Waals surface area contributed by atoms with E-state index in [4.69, 9.17) is 0 Å². The molecule has 4 aliphatic carbocycles. The maximum atomic E-state index is 11.3. The molecule has 0 unspecified atom stereocenters. The summed E-state index contributed by atoms with van der Waals surface area (Å²) in [5.74, 6) is 9.71. The lowest BCUT2D eigenvalue weighted by Crippen LogP contribution is -2.55. The van der Waals surface area contributed by atoms with E-state index < -0.39 is 5.60 Å². The molecule has 1 N–H and O–H groups in total. The van der Waals surface area contributed by atoms with Crippen molar-refractivity contribution in [1.29, 1.82) is 0 Å². The Balaban J connectivity index is 1.66. The number of hydrogen-bond acceptors (Lipinski definition) is 1. The Morgan fingerprint density at radius 3 is 2.43 bits per heavy atom. The van der Waals surface area contributed by atoms with Crippen molar-refractivity contribution in [2.45, 2.75) is 90.6 Å². The molecule has 0 heterocycles. The summed E-state index contributed by atoms with van der Waals surface area (Å²) in [6.07, 6.45) is 13.3. The van der Waals surface area contributed by atoms with Gasteiger partial charge in [-0.15, -0.1) is 5.92 Å². The highest BCUT2D eigenvalue weighted by Gasteiger charge is 2.64. The summed E-state index contributed by atoms with van der Waals surface area (Å²) in [5, 5.41) is 11.3. The lowest BCUT2D eigenvalue weighted by atomic mass is 9.44. The van der Waals surface area contributed by atoms with E-state index in [1.165, 1.54) is 57.8 Å². The molecule has 0 aliphatic heterocycles. The fraction of sp³-hybridized carbons (Fsp3) is 0.909. The first-order valence-corrected chi connectivity index (χ1v) is 10.1. The standard InChI is InChI=1S/C22H34O/c1-4-12-22(23)15-11-19-17-9-8-16-7-5-6-13-20(16,2)18(17)10-14-21(19,22)3/h16-19,23H,5-11,13-15H2,1-3H3/t16-,17-,18+,19+,20+,21+,22+/m1/s1. The molecule has 4 rings (SSSR count). The summed E-state index contributed by atoms with van der Waals surface area (Å²) >= 11 is 0. The molecule has 0 aromatic heterocycles. The minimum absolute atomic E-state index is 0.0367. The molecule has 7 atom stereocenters. The van der Waals surface area contributed by atoms with Crippen LogP contribution in [0.1, 0.15) is 85.0 Å². The van der Waals surface area contributed by atoms with Gasteiger partial charge in [-0.3, -0.25) is 0 Å². The van der Waals surface area contributed by atoms with Gasteiger partial charge in [-0.25, -0.2) is 0 Å². The van der Waals surface area contributed by atoms with Crippen LogP contribution in [0.3, 0.4) is 0 Å². The summed E-state index contributed by atoms with van der Waals surface area (Å²) in [7, 11) is 0. The van der Waals surface area contributed by atoms with E-state index in [-0.39, 0.29) is 5.41 Å². The van der Waals surface area contributed by atoms with Crippen molar-refractivity contribution in [3.63, 3.8) is 0 Å². The highest BCUT2D eigenvalue weighted by molar-refractivity contribution is 5.25. The number of hydrogen-bond donors (Lipinski definition) is 1. The van der Waals surface area contributed by atoms with E-state index in [9.17, 15) is 5.11 Å². The Morgan fingerprint density at radius 2 is 1.65 bits per heavy atom. The van der Waals surface area contributed by atoms with Crippen LogP contribution in [0.25, 0.3) is 0 Å². The molecule has 0 aromatic rings. The van der Waals surface area contributed by atoms with Crippen LogP contribution >= 0.6 is 0 Å². The summed E-state index contributed by atoms with van der Waals surface area (Å²) in [4.78, 5) is 0. The molecule has 0 spiro atoms. The first-order valence-electron chi connectivity index (χ1n) is 10.1. The fourth-order valence-electron chi connectivity index (χ4n) is 7.72. The SMILES string of the molecule is CC#C[C@]1(O)CC[C@H]2[C@@H]3CC[C@H]4CCCC[C@]4(C)[C@H]3CC[C@@]21C. The van der Waals surface area contributed by atoms with E-state index in [1.807, 2.05) is 6.92 Å². The van der Waals surface area contributed by atoms with Gasteiger partial charge in [0.1, 0.15) is 5.60 Å². The van der Waals surface area contributed by atoms with Gasteiger partial charge in [0, 0.05) is 5.41 Å². The van der Waals surface area contributed by atoms with Crippen molar-refractivity contribution in [2.75, 3.05) is 0 Å². The van der Waals surface area contributed by atoms with Crippen LogP contribution in [0.5, 0.6) is 0 Å². The molecule has 1 heteroatoms. The van der Waals surface area contributed by atoms with Gasteiger partial charge in [-0.2, -0.15) is 0 Å². The summed E-state index contributed by atoms with van der Waals surface area (Å²) in [6, 6.07) is 0. The van der Waals surface area contributed by atoms with Crippen molar-refractivity contribution in [2.24, 2.45) is 34.5 Å². The fourth-order valence-corrected chi connectivity index (χ4v) is 7.72. The van der Waals surface area contributed by atoms with Crippen molar-refractivity contribution in [1.82, 2.24) is 0 Å². The van der Waals surface area contributed by atoms with Gasteiger partial charge < -0.3 is 5.11 Å². The minimum Gasteiger partial charge on any atom is -0.377 e. The maximum absolute atomic E-state index is 11.3. The predicted molar refractivity (Wildman–Crippen MR) is 94.7 cm³/mol. The Morgan fingerprint density at radius 1 is 0.870 bits per heavy atom. The average molecular weight is 315 g/mol. The maximum Gasteiger partial charge on any atom is 0.131 e. The second-order valence-corrected chi connectivity index (χ2v) is 9.63. The summed E-state index contributed by atoms with van der Waals surface area (Å²) in [5.41, 5.74) is -0.0869. The monoisotopic (exact) mass is 314 g/mol. The smallest absolute Gasteiger partial charge is 0.131 e. The van der Waals surface area contributed by atoms with E-state index in [0.717, 1.165) is 24.2 Å². The first-order chi connectivity index (χ1) is 10.9. The molecule has 4 aliphatic rings. The van der Waals surface area contributed by atoms with Gasteiger partial charge in [0.15, 0.2) is 0 Å². The highest BCUT2D eigenvalue weighted by Crippen LogP contribution is 2.68. The van der Waals surface area contributed by atoms with E-state index in [0.29, 0.717) is 11.3 Å². The molecule has 1 nitrogen and oxygen atoms in total. The Kier molecular flexibility index (Phi) is 3.66. The molecule has 0 radical (unpaired) electrons. The predicted octanol–water partition coefficient (Wildman–Crippen LogP) is 5.17. The number of rotatable bonds is 0. The van der Waals surface area contributed by atoms with Crippen molar-refractivity contribution in [3.8, 4) is 11.8 Å². The Hall–Kier alpha value is -0.480. The van der Waals surface area contributed by atoms with E-state index in [1.54, 1.807) is 0 Å². The highest BCUT2D eigenvalue weighted by atomic mass is 16.3. The van der Waals surface area contributed by atoms with Crippen LogP contribution < -0.4 is 0 Å². The van der Waals surface area contributed by atoms with E-state index >= 15 is 0 Å². The van der Waals surface area contributed by atoms with E-state index in [2.05, 4.69) is 25.7 Å². The van der Waals surface area contributed by atoms with Gasteiger partial charge in [0.25, 0.3) is 0 Å². The summed E-state index contributed by atoms with van der Waals surface area (Å²) < 4.78 is 0. The van der Waals surface area contributed by atoms with Crippen molar-refractivity contribution < 1.29 is 5.11 Å². The normalized spacial score (nSPS) is 55.1. The van der Waals surface area contributed by atoms with Crippen LogP contribution in [0.15, 0.2) is 0 Å². The van der Waals surface area contributed by atoms with Gasteiger partial charge in [0.2, 0.25) is 0 Å². The molecule has 0 aromatic carbocycles. The molecule has 0 bridgehead atoms. The topological polar surface area (TPSA) is 20.2 Å². The van der Waals surface area contributed by atoms with Crippen LogP contribution in [-0.4, -0.2) is 10.7 Å². The quantitative estimate of drug-likeness (QED) is 0.611. The Labute approximate surface area is 142 Å². The largest absolute Gasteiger partial charge is 0.377 e. The van der Waals surface area contributed by atoms with Gasteiger partial charge in [-0.05, 0) is 87.4 Å². The molecular formula is C22H34O. The van der Waals surface area contributed by atoms with Crippen LogP contribution in [0.4, 0.5) is 0 Å². The van der Waals surface area contributed by atoms with Crippen LogP contribution in [0.2, 0.25) is 0 Å². The van der Waals surface area contributed by atoms with Crippen molar-refractivity contribution in [3.05, 3.63) is 0 Å². The average Bonchev–Trinajstić information content (AvgIpc) is 2.79. The number of fused-ring (bicyclic) bond motifs is 5. The molecule has 4 fully saturated rings. The molecule has 4 saturated carbocycles. The van der Waals surface area contributed by atoms with Gasteiger partial charge >= 0.3 is 0 Å². The zero-order chi connectivity index (χ0) is 16.3. The third kappa shape index (κ3) is 2.03. The number of aliphatic hydroxyl groups is 1. The molecule has 0 saturated heterocycles. The third-order valence-corrected chi connectivity index (χ3v) is 9.07. The molecule has 128 valence electrons. The first kappa shape index (κ1) is 16.0. The molecular weight excluding hydrogens is 280 g/mol. The van der Waals surface area contributed by atoms with Crippen LogP contribution in [-0.2, 0) is 0 Å². The third-order valence-electron chi connectivity index (χ3n) is 9.07. The molecule has 0 amide bonds.